The highest BCUT2D eigenvalue weighted by atomic mass is 15.2. The van der Waals surface area contributed by atoms with E-state index in [2.05, 4.69) is 55.1 Å². The molecule has 0 heterocycles. The zero-order valence-corrected chi connectivity index (χ0v) is 13.9. The van der Waals surface area contributed by atoms with Gasteiger partial charge in [-0.2, -0.15) is 0 Å². The average molecular weight is 289 g/mol. The topological polar surface area (TPSA) is 32.5 Å². The summed E-state index contributed by atoms with van der Waals surface area (Å²) in [5.41, 5.74) is 8.67. The van der Waals surface area contributed by atoms with Crippen LogP contribution in [0.4, 0.5) is 5.69 Å². The van der Waals surface area contributed by atoms with E-state index < -0.39 is 0 Å². The van der Waals surface area contributed by atoms with Crippen LogP contribution in [-0.4, -0.2) is 38.1 Å². The van der Waals surface area contributed by atoms with E-state index >= 15 is 0 Å². The summed E-state index contributed by atoms with van der Waals surface area (Å²) in [6.45, 7) is 5.26. The summed E-state index contributed by atoms with van der Waals surface area (Å²) >= 11 is 0. The lowest BCUT2D eigenvalue weighted by Crippen LogP contribution is -2.44. The van der Waals surface area contributed by atoms with E-state index in [1.165, 1.54) is 36.9 Å². The predicted molar refractivity (Wildman–Crippen MR) is 91.7 cm³/mol. The van der Waals surface area contributed by atoms with Gasteiger partial charge in [0.15, 0.2) is 0 Å². The first kappa shape index (κ1) is 16.3. The lowest BCUT2D eigenvalue weighted by atomic mass is 9.83. The Bertz CT molecular complexity index is 413. The molecule has 3 nitrogen and oxygen atoms in total. The molecule has 2 rings (SSSR count). The first-order valence-electron chi connectivity index (χ1n) is 8.36. The molecule has 1 aromatic carbocycles. The minimum atomic E-state index is 0.669. The van der Waals surface area contributed by atoms with Crippen LogP contribution in [0.15, 0.2) is 24.3 Å². The highest BCUT2D eigenvalue weighted by Gasteiger charge is 2.28. The van der Waals surface area contributed by atoms with Gasteiger partial charge in [0.2, 0.25) is 0 Å². The molecule has 0 saturated heterocycles. The van der Waals surface area contributed by atoms with Crippen molar-refractivity contribution in [1.29, 1.82) is 0 Å². The fourth-order valence-electron chi connectivity index (χ4n) is 3.54. The lowest BCUT2D eigenvalue weighted by molar-refractivity contribution is 0.105. The third-order valence-corrected chi connectivity index (χ3v) is 4.89. The summed E-state index contributed by atoms with van der Waals surface area (Å²) in [5, 5.41) is 0. The molecule has 1 aromatic rings. The van der Waals surface area contributed by atoms with Gasteiger partial charge in [0, 0.05) is 32.4 Å². The number of anilines is 1. The molecule has 0 amide bonds. The first-order chi connectivity index (χ1) is 10.2. The maximum Gasteiger partial charge on any atom is 0.0361 e. The van der Waals surface area contributed by atoms with Crippen molar-refractivity contribution in [3.8, 4) is 0 Å². The molecule has 0 radical (unpaired) electrons. The number of hydrogen-bond donors (Lipinski definition) is 1. The third-order valence-electron chi connectivity index (χ3n) is 4.89. The Morgan fingerprint density at radius 1 is 1.10 bits per heavy atom. The Hall–Kier alpha value is -1.06. The van der Waals surface area contributed by atoms with E-state index in [4.69, 9.17) is 5.73 Å². The van der Waals surface area contributed by atoms with Gasteiger partial charge in [-0.25, -0.2) is 0 Å². The summed E-state index contributed by atoms with van der Waals surface area (Å²) < 4.78 is 0. The molecule has 0 aliphatic heterocycles. The van der Waals surface area contributed by atoms with Crippen molar-refractivity contribution in [3.63, 3.8) is 0 Å². The maximum absolute atomic E-state index is 6.00. The largest absolute Gasteiger partial charge is 0.378 e. The van der Waals surface area contributed by atoms with Crippen molar-refractivity contribution in [1.82, 2.24) is 4.90 Å². The zero-order chi connectivity index (χ0) is 15.2. The van der Waals surface area contributed by atoms with Gasteiger partial charge in [-0.3, -0.25) is 4.90 Å². The molecule has 1 aliphatic rings. The average Bonchev–Trinajstić information content (AvgIpc) is 2.53. The summed E-state index contributed by atoms with van der Waals surface area (Å²) in [6, 6.07) is 9.62. The molecular weight excluding hydrogens is 258 g/mol. The van der Waals surface area contributed by atoms with Crippen LogP contribution in [0.25, 0.3) is 0 Å². The first-order valence-corrected chi connectivity index (χ1v) is 8.36. The fourth-order valence-corrected chi connectivity index (χ4v) is 3.54. The van der Waals surface area contributed by atoms with Crippen LogP contribution in [0, 0.1) is 5.92 Å². The van der Waals surface area contributed by atoms with Crippen LogP contribution in [0.1, 0.15) is 38.2 Å². The molecule has 21 heavy (non-hydrogen) atoms. The molecule has 0 bridgehead atoms. The molecule has 0 spiro atoms. The SMILES string of the molecule is CCN(Cc1ccc(N(C)C)cc1)C1CCCCC1CN. The van der Waals surface area contributed by atoms with Crippen LogP contribution >= 0.6 is 0 Å². The summed E-state index contributed by atoms with van der Waals surface area (Å²) in [7, 11) is 4.17. The van der Waals surface area contributed by atoms with Crippen molar-refractivity contribution in [2.24, 2.45) is 11.7 Å². The van der Waals surface area contributed by atoms with Crippen molar-refractivity contribution < 1.29 is 0 Å². The summed E-state index contributed by atoms with van der Waals surface area (Å²) in [4.78, 5) is 4.77. The van der Waals surface area contributed by atoms with Gasteiger partial charge in [0.05, 0.1) is 0 Å². The smallest absolute Gasteiger partial charge is 0.0361 e. The highest BCUT2D eigenvalue weighted by molar-refractivity contribution is 5.45. The quantitative estimate of drug-likeness (QED) is 0.873. The number of hydrogen-bond acceptors (Lipinski definition) is 3. The Balaban J connectivity index is 2.03. The lowest BCUT2D eigenvalue weighted by Gasteiger charge is -2.39. The monoisotopic (exact) mass is 289 g/mol. The van der Waals surface area contributed by atoms with E-state index in [9.17, 15) is 0 Å². The van der Waals surface area contributed by atoms with Gasteiger partial charge in [-0.05, 0) is 49.5 Å². The van der Waals surface area contributed by atoms with Crippen molar-refractivity contribution in [3.05, 3.63) is 29.8 Å². The molecule has 2 atom stereocenters. The molecule has 3 heteroatoms. The van der Waals surface area contributed by atoms with E-state index in [-0.39, 0.29) is 0 Å². The summed E-state index contributed by atoms with van der Waals surface area (Å²) in [6.07, 6.45) is 5.33. The minimum Gasteiger partial charge on any atom is -0.378 e. The Kier molecular flexibility index (Phi) is 6.07. The summed E-state index contributed by atoms with van der Waals surface area (Å²) in [5.74, 6) is 0.680. The minimum absolute atomic E-state index is 0.669. The van der Waals surface area contributed by atoms with Gasteiger partial charge in [0.1, 0.15) is 0 Å². The molecule has 2 N–H and O–H groups in total. The molecule has 1 saturated carbocycles. The van der Waals surface area contributed by atoms with Gasteiger partial charge in [-0.1, -0.05) is 31.9 Å². The van der Waals surface area contributed by atoms with Crippen LogP contribution in [0.3, 0.4) is 0 Å². The van der Waals surface area contributed by atoms with E-state index in [1.54, 1.807) is 0 Å². The van der Waals surface area contributed by atoms with Crippen LogP contribution in [-0.2, 0) is 6.54 Å². The van der Waals surface area contributed by atoms with Gasteiger partial charge in [0.25, 0.3) is 0 Å². The third kappa shape index (κ3) is 4.21. The normalized spacial score (nSPS) is 22.5. The second kappa shape index (κ2) is 7.81. The second-order valence-corrected chi connectivity index (χ2v) is 6.47. The Morgan fingerprint density at radius 2 is 1.76 bits per heavy atom. The number of rotatable bonds is 6. The number of nitrogens with zero attached hydrogens (tertiary/aromatic N) is 2. The number of benzene rings is 1. The van der Waals surface area contributed by atoms with Gasteiger partial charge < -0.3 is 10.6 Å². The molecule has 1 aliphatic carbocycles. The highest BCUT2D eigenvalue weighted by Crippen LogP contribution is 2.29. The second-order valence-electron chi connectivity index (χ2n) is 6.47. The van der Waals surface area contributed by atoms with E-state index in [0.717, 1.165) is 19.6 Å². The number of nitrogens with two attached hydrogens (primary N) is 1. The van der Waals surface area contributed by atoms with Crippen LogP contribution in [0.2, 0.25) is 0 Å². The molecule has 118 valence electrons. The van der Waals surface area contributed by atoms with E-state index in [0.29, 0.717) is 12.0 Å². The zero-order valence-electron chi connectivity index (χ0n) is 13.9. The molecule has 0 aromatic heterocycles. The van der Waals surface area contributed by atoms with E-state index in [1.807, 2.05) is 0 Å². The molecule has 2 unspecified atom stereocenters. The molecule has 1 fully saturated rings. The maximum atomic E-state index is 6.00. The van der Waals surface area contributed by atoms with Gasteiger partial charge >= 0.3 is 0 Å². The van der Waals surface area contributed by atoms with Crippen LogP contribution < -0.4 is 10.6 Å². The Labute approximate surface area is 130 Å². The predicted octanol–water partition coefficient (Wildman–Crippen LogP) is 3.09. The fraction of sp³-hybridized carbons (Fsp3) is 0.667. The van der Waals surface area contributed by atoms with Crippen molar-refractivity contribution in [2.45, 2.75) is 45.2 Å². The standard InChI is InChI=1S/C18H31N3/c1-4-21(18-8-6-5-7-16(18)13-19)14-15-9-11-17(12-10-15)20(2)3/h9-12,16,18H,4-8,13-14,19H2,1-3H3. The molecular formula is C18H31N3. The van der Waals surface area contributed by atoms with Gasteiger partial charge in [-0.15, -0.1) is 0 Å². The van der Waals surface area contributed by atoms with Crippen LogP contribution in [0.5, 0.6) is 0 Å². The van der Waals surface area contributed by atoms with Crippen molar-refractivity contribution >= 4 is 5.69 Å². The van der Waals surface area contributed by atoms with Crippen molar-refractivity contribution in [2.75, 3.05) is 32.1 Å². The Morgan fingerprint density at radius 3 is 2.33 bits per heavy atom.